The predicted octanol–water partition coefficient (Wildman–Crippen LogP) is 5.21. The predicted molar refractivity (Wildman–Crippen MR) is 119 cm³/mol. The molecule has 0 amide bonds. The molecular formula is C23H36N4S. The van der Waals surface area contributed by atoms with Crippen LogP contribution in [0.25, 0.3) is 10.2 Å². The Morgan fingerprint density at radius 3 is 2.50 bits per heavy atom. The van der Waals surface area contributed by atoms with Gasteiger partial charge in [-0.25, -0.2) is 9.97 Å². The molecule has 0 spiro atoms. The standard InChI is InChI=1S/C23H36N4S/c1-16-24-19(14-27-12-11-26(6)15-23(27,4)5)18-13-20(28-21(18)25-16)17-7-9-22(2,3)10-8-17/h13,17H,7-12,14-15H2,1-6H3. The van der Waals surface area contributed by atoms with Gasteiger partial charge in [0.15, 0.2) is 0 Å². The Morgan fingerprint density at radius 1 is 1.11 bits per heavy atom. The van der Waals surface area contributed by atoms with E-state index in [9.17, 15) is 0 Å². The molecule has 28 heavy (non-hydrogen) atoms. The first-order valence-corrected chi connectivity index (χ1v) is 11.7. The molecule has 154 valence electrons. The van der Waals surface area contributed by atoms with Gasteiger partial charge in [-0.15, -0.1) is 11.3 Å². The van der Waals surface area contributed by atoms with Crippen molar-refractivity contribution in [2.45, 2.75) is 78.3 Å². The summed E-state index contributed by atoms with van der Waals surface area (Å²) < 4.78 is 0. The molecule has 1 aliphatic heterocycles. The molecule has 4 nitrogen and oxygen atoms in total. The molecule has 3 heterocycles. The zero-order valence-corrected chi connectivity index (χ0v) is 19.3. The van der Waals surface area contributed by atoms with Gasteiger partial charge in [0, 0.05) is 42.0 Å². The van der Waals surface area contributed by atoms with Crippen LogP contribution in [-0.2, 0) is 6.54 Å². The summed E-state index contributed by atoms with van der Waals surface area (Å²) in [6, 6.07) is 2.43. The average molecular weight is 401 g/mol. The topological polar surface area (TPSA) is 32.3 Å². The molecule has 0 unspecified atom stereocenters. The zero-order chi connectivity index (χ0) is 20.1. The fourth-order valence-electron chi connectivity index (χ4n) is 5.03. The van der Waals surface area contributed by atoms with Crippen molar-refractivity contribution >= 4 is 21.6 Å². The van der Waals surface area contributed by atoms with Crippen LogP contribution in [0.4, 0.5) is 0 Å². The number of likely N-dealkylation sites (N-methyl/N-ethyl adjacent to an activating group) is 1. The lowest BCUT2D eigenvalue weighted by Gasteiger charge is -2.46. The molecule has 0 aromatic carbocycles. The molecule has 0 radical (unpaired) electrons. The van der Waals surface area contributed by atoms with Crippen molar-refractivity contribution in [1.29, 1.82) is 0 Å². The maximum Gasteiger partial charge on any atom is 0.127 e. The Labute approximate surface area is 174 Å². The minimum atomic E-state index is 0.173. The van der Waals surface area contributed by atoms with Gasteiger partial charge in [0.25, 0.3) is 0 Å². The lowest BCUT2D eigenvalue weighted by molar-refractivity contribution is 0.0248. The van der Waals surface area contributed by atoms with E-state index in [4.69, 9.17) is 9.97 Å². The first-order chi connectivity index (χ1) is 13.1. The van der Waals surface area contributed by atoms with E-state index in [0.29, 0.717) is 11.3 Å². The maximum atomic E-state index is 4.90. The minimum absolute atomic E-state index is 0.173. The Balaban J connectivity index is 1.61. The lowest BCUT2D eigenvalue weighted by atomic mass is 9.73. The number of hydrogen-bond acceptors (Lipinski definition) is 5. The zero-order valence-electron chi connectivity index (χ0n) is 18.5. The highest BCUT2D eigenvalue weighted by atomic mass is 32.1. The van der Waals surface area contributed by atoms with Gasteiger partial charge in [0.1, 0.15) is 10.7 Å². The second-order valence-corrected chi connectivity index (χ2v) is 11.6. The third-order valence-electron chi connectivity index (χ3n) is 6.95. The SMILES string of the molecule is Cc1nc(CN2CCN(C)CC2(C)C)c2cc(C3CCC(C)(C)CC3)sc2n1. The van der Waals surface area contributed by atoms with Gasteiger partial charge in [0.05, 0.1) is 5.69 Å². The molecular weight excluding hydrogens is 364 g/mol. The number of aromatic nitrogens is 2. The highest BCUT2D eigenvalue weighted by Crippen LogP contribution is 2.45. The van der Waals surface area contributed by atoms with Crippen molar-refractivity contribution in [2.24, 2.45) is 5.41 Å². The Morgan fingerprint density at radius 2 is 1.82 bits per heavy atom. The minimum Gasteiger partial charge on any atom is -0.303 e. The van der Waals surface area contributed by atoms with Crippen molar-refractivity contribution in [1.82, 2.24) is 19.8 Å². The average Bonchev–Trinajstić information content (AvgIpc) is 3.00. The van der Waals surface area contributed by atoms with E-state index in [2.05, 4.69) is 50.6 Å². The van der Waals surface area contributed by atoms with Crippen LogP contribution in [0, 0.1) is 12.3 Å². The summed E-state index contributed by atoms with van der Waals surface area (Å²) in [4.78, 5) is 17.5. The lowest BCUT2D eigenvalue weighted by Crippen LogP contribution is -2.57. The summed E-state index contributed by atoms with van der Waals surface area (Å²) in [6.07, 6.45) is 5.29. The van der Waals surface area contributed by atoms with Crippen molar-refractivity contribution < 1.29 is 0 Å². The van der Waals surface area contributed by atoms with Crippen molar-refractivity contribution in [3.8, 4) is 0 Å². The molecule has 1 saturated carbocycles. The number of rotatable bonds is 3. The summed E-state index contributed by atoms with van der Waals surface area (Å²) in [5.41, 5.74) is 1.91. The van der Waals surface area contributed by atoms with Crippen LogP contribution >= 0.6 is 11.3 Å². The van der Waals surface area contributed by atoms with E-state index >= 15 is 0 Å². The summed E-state index contributed by atoms with van der Waals surface area (Å²) in [6.45, 7) is 15.8. The van der Waals surface area contributed by atoms with Gasteiger partial charge < -0.3 is 4.90 Å². The van der Waals surface area contributed by atoms with Gasteiger partial charge in [0.2, 0.25) is 0 Å². The Bertz CT molecular complexity index is 844. The fourth-order valence-corrected chi connectivity index (χ4v) is 6.30. The van der Waals surface area contributed by atoms with Gasteiger partial charge >= 0.3 is 0 Å². The highest BCUT2D eigenvalue weighted by Gasteiger charge is 2.33. The number of piperazine rings is 1. The fraction of sp³-hybridized carbons (Fsp3) is 0.739. The van der Waals surface area contributed by atoms with Crippen molar-refractivity contribution in [3.05, 3.63) is 22.5 Å². The quantitative estimate of drug-likeness (QED) is 0.708. The molecule has 0 atom stereocenters. The van der Waals surface area contributed by atoms with E-state index in [-0.39, 0.29) is 5.54 Å². The summed E-state index contributed by atoms with van der Waals surface area (Å²) in [5, 5.41) is 1.30. The Kier molecular flexibility index (Phi) is 5.30. The van der Waals surface area contributed by atoms with Gasteiger partial charge in [-0.2, -0.15) is 0 Å². The van der Waals surface area contributed by atoms with Crippen LogP contribution in [0.5, 0.6) is 0 Å². The number of thiophene rings is 1. The molecule has 2 fully saturated rings. The van der Waals surface area contributed by atoms with Crippen molar-refractivity contribution in [2.75, 3.05) is 26.7 Å². The smallest absolute Gasteiger partial charge is 0.127 e. The number of fused-ring (bicyclic) bond motifs is 1. The van der Waals surface area contributed by atoms with Crippen LogP contribution in [0.3, 0.4) is 0 Å². The van der Waals surface area contributed by atoms with Crippen LogP contribution in [0.1, 0.15) is 75.7 Å². The third-order valence-corrected chi connectivity index (χ3v) is 8.14. The highest BCUT2D eigenvalue weighted by molar-refractivity contribution is 7.18. The van der Waals surface area contributed by atoms with Gasteiger partial charge in [-0.05, 0) is 70.9 Å². The van der Waals surface area contributed by atoms with Gasteiger partial charge in [-0.1, -0.05) is 13.8 Å². The van der Waals surface area contributed by atoms with E-state index in [0.717, 1.165) is 32.0 Å². The number of nitrogens with zero attached hydrogens (tertiary/aromatic N) is 4. The van der Waals surface area contributed by atoms with E-state index in [1.807, 2.05) is 18.3 Å². The summed E-state index contributed by atoms with van der Waals surface area (Å²) in [5.74, 6) is 1.62. The molecule has 2 aromatic heterocycles. The van der Waals surface area contributed by atoms with Crippen LogP contribution < -0.4 is 0 Å². The van der Waals surface area contributed by atoms with E-state index < -0.39 is 0 Å². The van der Waals surface area contributed by atoms with Crippen molar-refractivity contribution in [3.63, 3.8) is 0 Å². The molecule has 2 aliphatic rings. The molecule has 5 heteroatoms. The summed E-state index contributed by atoms with van der Waals surface area (Å²) >= 11 is 1.92. The van der Waals surface area contributed by atoms with Crippen LogP contribution in [0.2, 0.25) is 0 Å². The molecule has 2 aromatic rings. The number of aryl methyl sites for hydroxylation is 1. The largest absolute Gasteiger partial charge is 0.303 e. The maximum absolute atomic E-state index is 4.90. The van der Waals surface area contributed by atoms with Gasteiger partial charge in [-0.3, -0.25) is 4.90 Å². The molecule has 4 rings (SSSR count). The normalized spacial score (nSPS) is 24.1. The van der Waals surface area contributed by atoms with Crippen LogP contribution in [0.15, 0.2) is 6.07 Å². The van der Waals surface area contributed by atoms with Crippen LogP contribution in [-0.4, -0.2) is 52.0 Å². The molecule has 0 N–H and O–H groups in total. The first-order valence-electron chi connectivity index (χ1n) is 10.8. The number of hydrogen-bond donors (Lipinski definition) is 0. The third kappa shape index (κ3) is 4.12. The second kappa shape index (κ2) is 7.33. The second-order valence-electron chi connectivity index (χ2n) is 10.5. The van der Waals surface area contributed by atoms with E-state index in [1.54, 1.807) is 0 Å². The molecule has 0 bridgehead atoms. The molecule has 1 saturated heterocycles. The van der Waals surface area contributed by atoms with E-state index in [1.165, 1.54) is 46.5 Å². The summed E-state index contributed by atoms with van der Waals surface area (Å²) in [7, 11) is 2.22. The monoisotopic (exact) mass is 400 g/mol. The first kappa shape index (κ1) is 20.2. The Hall–Kier alpha value is -1.04. The molecule has 1 aliphatic carbocycles.